The van der Waals surface area contributed by atoms with Crippen LogP contribution in [0.2, 0.25) is 4.34 Å². The molecule has 0 saturated carbocycles. The quantitative estimate of drug-likeness (QED) is 0.913. The number of carbonyl (C=O) groups excluding carboxylic acids is 1. The molecule has 3 nitrogen and oxygen atoms in total. The molecule has 2 rings (SSSR count). The highest BCUT2D eigenvalue weighted by Crippen LogP contribution is 2.29. The second-order valence-electron chi connectivity index (χ2n) is 4.53. The number of likely N-dealkylation sites (tertiary alicyclic amines) is 1. The van der Waals surface area contributed by atoms with Gasteiger partial charge in [0.15, 0.2) is 0 Å². The summed E-state index contributed by atoms with van der Waals surface area (Å²) in [5.74, 6) is 0.0947. The number of halogens is 2. The third-order valence-electron chi connectivity index (χ3n) is 3.24. The summed E-state index contributed by atoms with van der Waals surface area (Å²) in [7, 11) is 0. The fourth-order valence-corrected chi connectivity index (χ4v) is 3.18. The Morgan fingerprint density at radius 1 is 1.50 bits per heavy atom. The standard InChI is InChI=1S/C12H17ClN2OS.ClH/c1-8(10-2-3-11(13)17-10)12(16)15-6-4-9(14)5-7-15;/h2-3,8-9H,4-7,14H2,1H3;1H. The Morgan fingerprint density at radius 2 is 2.11 bits per heavy atom. The first-order valence-electron chi connectivity index (χ1n) is 5.87. The van der Waals surface area contributed by atoms with Gasteiger partial charge in [0.1, 0.15) is 0 Å². The monoisotopic (exact) mass is 308 g/mol. The maximum Gasteiger partial charge on any atom is 0.230 e. The molecule has 1 fully saturated rings. The first-order valence-corrected chi connectivity index (χ1v) is 7.07. The molecule has 1 saturated heterocycles. The molecule has 6 heteroatoms. The van der Waals surface area contributed by atoms with Crippen LogP contribution in [-0.4, -0.2) is 29.9 Å². The van der Waals surface area contributed by atoms with Gasteiger partial charge in [-0.1, -0.05) is 11.6 Å². The van der Waals surface area contributed by atoms with Gasteiger partial charge in [0.2, 0.25) is 5.91 Å². The minimum Gasteiger partial charge on any atom is -0.342 e. The highest BCUT2D eigenvalue weighted by atomic mass is 35.5. The predicted molar refractivity (Wildman–Crippen MR) is 78.8 cm³/mol. The maximum atomic E-state index is 12.3. The number of piperidine rings is 1. The van der Waals surface area contributed by atoms with Crippen molar-refractivity contribution >= 4 is 41.3 Å². The number of nitrogens with two attached hydrogens (primary N) is 1. The third-order valence-corrected chi connectivity index (χ3v) is 4.66. The van der Waals surface area contributed by atoms with Gasteiger partial charge in [0, 0.05) is 24.0 Å². The average molecular weight is 309 g/mol. The van der Waals surface area contributed by atoms with Crippen molar-refractivity contribution in [2.45, 2.75) is 31.7 Å². The average Bonchev–Trinajstić information content (AvgIpc) is 2.75. The van der Waals surface area contributed by atoms with Crippen molar-refractivity contribution < 1.29 is 4.79 Å². The minimum absolute atomic E-state index is 0. The number of amides is 1. The number of nitrogens with zero attached hydrogens (tertiary/aromatic N) is 1. The Hall–Kier alpha value is -0.290. The van der Waals surface area contributed by atoms with Gasteiger partial charge in [-0.15, -0.1) is 23.7 Å². The van der Waals surface area contributed by atoms with Crippen LogP contribution in [0.4, 0.5) is 0 Å². The molecule has 1 aromatic heterocycles. The Bertz CT molecular complexity index is 403. The topological polar surface area (TPSA) is 46.3 Å². The van der Waals surface area contributed by atoms with Crippen LogP contribution in [-0.2, 0) is 4.79 Å². The molecule has 1 amide bonds. The maximum absolute atomic E-state index is 12.3. The zero-order chi connectivity index (χ0) is 12.4. The molecular formula is C12H18Cl2N2OS. The van der Waals surface area contributed by atoms with E-state index in [2.05, 4.69) is 0 Å². The minimum atomic E-state index is -0.0955. The lowest BCUT2D eigenvalue weighted by atomic mass is 10.0. The van der Waals surface area contributed by atoms with E-state index >= 15 is 0 Å². The Kier molecular flexibility index (Phi) is 5.92. The van der Waals surface area contributed by atoms with Crippen molar-refractivity contribution in [3.05, 3.63) is 21.3 Å². The second kappa shape index (κ2) is 6.75. The lowest BCUT2D eigenvalue weighted by molar-refractivity contribution is -0.133. The zero-order valence-electron chi connectivity index (χ0n) is 10.3. The molecule has 0 radical (unpaired) electrons. The van der Waals surface area contributed by atoms with Crippen molar-refractivity contribution in [3.63, 3.8) is 0 Å². The molecule has 1 aromatic rings. The molecule has 2 N–H and O–H groups in total. The molecule has 102 valence electrons. The van der Waals surface area contributed by atoms with E-state index in [-0.39, 0.29) is 30.3 Å². The number of carbonyl (C=O) groups is 1. The molecule has 1 aliphatic rings. The van der Waals surface area contributed by atoms with Crippen LogP contribution in [0.15, 0.2) is 12.1 Å². The van der Waals surface area contributed by atoms with Gasteiger partial charge >= 0.3 is 0 Å². The van der Waals surface area contributed by atoms with Gasteiger partial charge in [-0.25, -0.2) is 0 Å². The molecule has 0 spiro atoms. The normalized spacial score (nSPS) is 18.3. The molecule has 0 bridgehead atoms. The highest BCUT2D eigenvalue weighted by Gasteiger charge is 2.26. The second-order valence-corrected chi connectivity index (χ2v) is 6.27. The molecule has 0 aromatic carbocycles. The molecule has 18 heavy (non-hydrogen) atoms. The van der Waals surface area contributed by atoms with Gasteiger partial charge in [0.25, 0.3) is 0 Å². The fraction of sp³-hybridized carbons (Fsp3) is 0.583. The zero-order valence-corrected chi connectivity index (χ0v) is 12.7. The van der Waals surface area contributed by atoms with Crippen LogP contribution in [0.3, 0.4) is 0 Å². The smallest absolute Gasteiger partial charge is 0.230 e. The van der Waals surface area contributed by atoms with Gasteiger partial charge in [-0.05, 0) is 31.9 Å². The van der Waals surface area contributed by atoms with Crippen LogP contribution in [0.1, 0.15) is 30.6 Å². The Balaban J connectivity index is 0.00000162. The van der Waals surface area contributed by atoms with Gasteiger partial charge in [0.05, 0.1) is 10.3 Å². The summed E-state index contributed by atoms with van der Waals surface area (Å²) in [5.41, 5.74) is 5.83. The van der Waals surface area contributed by atoms with Crippen LogP contribution in [0.5, 0.6) is 0 Å². The predicted octanol–water partition coefficient (Wildman–Crippen LogP) is 2.88. The first-order chi connectivity index (χ1) is 8.08. The van der Waals surface area contributed by atoms with E-state index in [9.17, 15) is 4.79 Å². The lowest BCUT2D eigenvalue weighted by Gasteiger charge is -2.31. The van der Waals surface area contributed by atoms with Gasteiger partial charge in [-0.2, -0.15) is 0 Å². The van der Waals surface area contributed by atoms with Gasteiger partial charge in [-0.3, -0.25) is 4.79 Å². The summed E-state index contributed by atoms with van der Waals surface area (Å²) in [5, 5.41) is 0. The number of hydrogen-bond acceptors (Lipinski definition) is 3. The summed E-state index contributed by atoms with van der Waals surface area (Å²) >= 11 is 7.37. The van der Waals surface area contributed by atoms with Crippen LogP contribution in [0.25, 0.3) is 0 Å². The van der Waals surface area contributed by atoms with Crippen LogP contribution < -0.4 is 5.73 Å². The molecule has 0 aliphatic carbocycles. The SMILES string of the molecule is CC(C(=O)N1CCC(N)CC1)c1ccc(Cl)s1.Cl. The van der Waals surface area contributed by atoms with Crippen molar-refractivity contribution in [1.29, 1.82) is 0 Å². The summed E-state index contributed by atoms with van der Waals surface area (Å²) in [6.45, 7) is 3.51. The van der Waals surface area contributed by atoms with E-state index in [1.165, 1.54) is 11.3 Å². The van der Waals surface area contributed by atoms with Gasteiger partial charge < -0.3 is 10.6 Å². The molecule has 2 heterocycles. The molecule has 1 atom stereocenters. The Labute approximate surface area is 123 Å². The first kappa shape index (κ1) is 15.8. The molecule has 1 aliphatic heterocycles. The van der Waals surface area contributed by atoms with E-state index in [0.29, 0.717) is 0 Å². The van der Waals surface area contributed by atoms with Crippen molar-refractivity contribution in [2.75, 3.05) is 13.1 Å². The third kappa shape index (κ3) is 3.60. The van der Waals surface area contributed by atoms with E-state index in [1.807, 2.05) is 24.0 Å². The summed E-state index contributed by atoms with van der Waals surface area (Å²) in [6, 6.07) is 4.04. The Morgan fingerprint density at radius 3 is 2.61 bits per heavy atom. The number of hydrogen-bond donors (Lipinski definition) is 1. The van der Waals surface area contributed by atoms with Crippen molar-refractivity contribution in [2.24, 2.45) is 5.73 Å². The van der Waals surface area contributed by atoms with E-state index < -0.39 is 0 Å². The largest absolute Gasteiger partial charge is 0.342 e. The summed E-state index contributed by atoms with van der Waals surface area (Å²) < 4.78 is 0.736. The van der Waals surface area contributed by atoms with Crippen LogP contribution >= 0.6 is 35.3 Å². The van der Waals surface area contributed by atoms with E-state index in [0.717, 1.165) is 35.1 Å². The van der Waals surface area contributed by atoms with E-state index in [4.69, 9.17) is 17.3 Å². The van der Waals surface area contributed by atoms with Crippen molar-refractivity contribution in [3.8, 4) is 0 Å². The summed E-state index contributed by atoms with van der Waals surface area (Å²) in [6.07, 6.45) is 1.81. The van der Waals surface area contributed by atoms with Crippen molar-refractivity contribution in [1.82, 2.24) is 4.90 Å². The lowest BCUT2D eigenvalue weighted by Crippen LogP contribution is -2.44. The summed E-state index contributed by atoms with van der Waals surface area (Å²) in [4.78, 5) is 15.2. The number of rotatable bonds is 2. The van der Waals surface area contributed by atoms with E-state index in [1.54, 1.807) is 0 Å². The van der Waals surface area contributed by atoms with Crippen LogP contribution in [0, 0.1) is 0 Å². The molecular weight excluding hydrogens is 291 g/mol. The number of thiophene rings is 1. The molecule has 1 unspecified atom stereocenters. The highest BCUT2D eigenvalue weighted by molar-refractivity contribution is 7.16. The fourth-order valence-electron chi connectivity index (χ4n) is 2.08.